The van der Waals surface area contributed by atoms with E-state index < -0.39 is 0 Å². The van der Waals surface area contributed by atoms with Crippen molar-refractivity contribution < 1.29 is 4.74 Å². The van der Waals surface area contributed by atoms with Gasteiger partial charge in [-0.25, -0.2) is 4.98 Å². The Labute approximate surface area is 101 Å². The lowest BCUT2D eigenvalue weighted by molar-refractivity contribution is 0.155. The maximum absolute atomic E-state index is 9.10. The molecule has 2 unspecified atom stereocenters. The summed E-state index contributed by atoms with van der Waals surface area (Å²) in [5.41, 5.74) is 7.15. The van der Waals surface area contributed by atoms with E-state index in [1.54, 1.807) is 6.20 Å². The molecule has 17 heavy (non-hydrogen) atoms. The molecule has 90 valence electrons. The van der Waals surface area contributed by atoms with Gasteiger partial charge >= 0.3 is 0 Å². The first kappa shape index (κ1) is 11.9. The number of nitrogens with two attached hydrogens (primary N) is 1. The van der Waals surface area contributed by atoms with E-state index in [0.29, 0.717) is 23.9 Å². The van der Waals surface area contributed by atoms with E-state index in [1.807, 2.05) is 13.0 Å². The number of nitriles is 1. The molecule has 0 amide bonds. The van der Waals surface area contributed by atoms with E-state index in [2.05, 4.69) is 11.1 Å². The quantitative estimate of drug-likeness (QED) is 0.860. The Balaban J connectivity index is 2.19. The number of aryl methyl sites for hydroxylation is 1. The second kappa shape index (κ2) is 5.15. The number of nitrogens with zero attached hydrogens (tertiary/aromatic N) is 2. The molecule has 2 N–H and O–H groups in total. The van der Waals surface area contributed by atoms with E-state index in [-0.39, 0.29) is 6.10 Å². The minimum atomic E-state index is 0.112. The van der Waals surface area contributed by atoms with Crippen LogP contribution in [0.3, 0.4) is 0 Å². The van der Waals surface area contributed by atoms with Gasteiger partial charge in [0.1, 0.15) is 17.7 Å². The molecule has 0 aromatic carbocycles. The smallest absolute Gasteiger partial charge is 0.232 e. The zero-order chi connectivity index (χ0) is 12.3. The van der Waals surface area contributed by atoms with E-state index in [1.165, 1.54) is 0 Å². The van der Waals surface area contributed by atoms with Crippen LogP contribution < -0.4 is 10.5 Å². The van der Waals surface area contributed by atoms with Gasteiger partial charge in [0.15, 0.2) is 0 Å². The lowest BCUT2D eigenvalue weighted by Gasteiger charge is -2.19. The van der Waals surface area contributed by atoms with Crippen molar-refractivity contribution in [3.63, 3.8) is 0 Å². The molecule has 2 atom stereocenters. The minimum absolute atomic E-state index is 0.112. The molecule has 0 saturated heterocycles. The highest BCUT2D eigenvalue weighted by molar-refractivity contribution is 5.43. The molecule has 2 rings (SSSR count). The lowest BCUT2D eigenvalue weighted by atomic mass is 10.1. The molecule has 4 nitrogen and oxygen atoms in total. The predicted molar refractivity (Wildman–Crippen MR) is 64.5 cm³/mol. The average Bonchev–Trinajstić information content (AvgIpc) is 2.77. The van der Waals surface area contributed by atoms with E-state index in [9.17, 15) is 0 Å². The number of rotatable bonds is 3. The molecule has 0 radical (unpaired) electrons. The molecule has 1 aliphatic rings. The Morgan fingerprint density at radius 1 is 1.59 bits per heavy atom. The van der Waals surface area contributed by atoms with Gasteiger partial charge in [0.2, 0.25) is 5.88 Å². The minimum Gasteiger partial charge on any atom is -0.473 e. The van der Waals surface area contributed by atoms with Crippen LogP contribution in [0.5, 0.6) is 5.88 Å². The molecule has 0 aliphatic heterocycles. The van der Waals surface area contributed by atoms with Crippen LogP contribution >= 0.6 is 0 Å². The van der Waals surface area contributed by atoms with Gasteiger partial charge < -0.3 is 10.5 Å². The van der Waals surface area contributed by atoms with E-state index >= 15 is 0 Å². The third kappa shape index (κ3) is 2.40. The van der Waals surface area contributed by atoms with E-state index in [4.69, 9.17) is 15.7 Å². The van der Waals surface area contributed by atoms with Crippen LogP contribution in [-0.2, 0) is 0 Å². The summed E-state index contributed by atoms with van der Waals surface area (Å²) in [4.78, 5) is 4.16. The fourth-order valence-corrected chi connectivity index (χ4v) is 2.33. The van der Waals surface area contributed by atoms with Crippen LogP contribution in [0.15, 0.2) is 12.3 Å². The molecule has 4 heteroatoms. The van der Waals surface area contributed by atoms with Crippen LogP contribution in [0, 0.1) is 24.2 Å². The first-order valence-corrected chi connectivity index (χ1v) is 5.98. The van der Waals surface area contributed by atoms with Crippen molar-refractivity contribution in [2.24, 2.45) is 11.7 Å². The summed E-state index contributed by atoms with van der Waals surface area (Å²) in [6.45, 7) is 2.53. The zero-order valence-electron chi connectivity index (χ0n) is 10.0. The van der Waals surface area contributed by atoms with Gasteiger partial charge in [0, 0.05) is 12.1 Å². The first-order chi connectivity index (χ1) is 8.26. The fourth-order valence-electron chi connectivity index (χ4n) is 2.33. The van der Waals surface area contributed by atoms with Crippen molar-refractivity contribution in [2.75, 3.05) is 6.54 Å². The van der Waals surface area contributed by atoms with Gasteiger partial charge in [-0.3, -0.25) is 0 Å². The number of hydrogen-bond donors (Lipinski definition) is 1. The number of hydrogen-bond acceptors (Lipinski definition) is 4. The van der Waals surface area contributed by atoms with E-state index in [0.717, 1.165) is 24.8 Å². The van der Waals surface area contributed by atoms with Crippen LogP contribution in [-0.4, -0.2) is 17.6 Å². The van der Waals surface area contributed by atoms with Crippen molar-refractivity contribution in [3.8, 4) is 11.9 Å². The summed E-state index contributed by atoms with van der Waals surface area (Å²) in [6, 6.07) is 3.97. The number of ether oxygens (including phenoxy) is 1. The highest BCUT2D eigenvalue weighted by atomic mass is 16.5. The summed E-state index contributed by atoms with van der Waals surface area (Å²) in [6.07, 6.45) is 5.04. The summed E-state index contributed by atoms with van der Waals surface area (Å²) in [5, 5.41) is 9.10. The maximum atomic E-state index is 9.10. The molecule has 1 aliphatic carbocycles. The Morgan fingerprint density at radius 3 is 3.12 bits per heavy atom. The molecule has 1 heterocycles. The average molecular weight is 231 g/mol. The first-order valence-electron chi connectivity index (χ1n) is 5.98. The Kier molecular flexibility index (Phi) is 3.60. The standard InChI is InChI=1S/C13H17N3O/c1-9-5-6-16-13(11(9)8-15)17-12-4-2-3-10(12)7-14/h5-6,10,12H,2-4,7,14H2,1H3. The van der Waals surface area contributed by atoms with Crippen LogP contribution in [0.2, 0.25) is 0 Å². The SMILES string of the molecule is Cc1ccnc(OC2CCCC2CN)c1C#N. The number of aromatic nitrogens is 1. The molecule has 0 bridgehead atoms. The Morgan fingerprint density at radius 2 is 2.41 bits per heavy atom. The second-order valence-corrected chi connectivity index (χ2v) is 4.50. The number of pyridine rings is 1. The maximum Gasteiger partial charge on any atom is 0.232 e. The van der Waals surface area contributed by atoms with Gasteiger partial charge in [-0.1, -0.05) is 0 Å². The van der Waals surface area contributed by atoms with Crippen molar-refractivity contribution in [1.29, 1.82) is 5.26 Å². The normalized spacial score (nSPS) is 23.4. The molecule has 1 saturated carbocycles. The largest absolute Gasteiger partial charge is 0.473 e. The summed E-state index contributed by atoms with van der Waals surface area (Å²) < 4.78 is 5.87. The highest BCUT2D eigenvalue weighted by Crippen LogP contribution is 2.30. The molecule has 1 aromatic heterocycles. The molecular weight excluding hydrogens is 214 g/mol. The van der Waals surface area contributed by atoms with Crippen LogP contribution in [0.25, 0.3) is 0 Å². The third-order valence-electron chi connectivity index (χ3n) is 3.39. The van der Waals surface area contributed by atoms with Gasteiger partial charge in [-0.2, -0.15) is 5.26 Å². The molecular formula is C13H17N3O. The van der Waals surface area contributed by atoms with Crippen molar-refractivity contribution in [3.05, 3.63) is 23.4 Å². The van der Waals surface area contributed by atoms with Crippen LogP contribution in [0.4, 0.5) is 0 Å². The fraction of sp³-hybridized carbons (Fsp3) is 0.538. The molecule has 0 spiro atoms. The lowest BCUT2D eigenvalue weighted by Crippen LogP contribution is -2.28. The highest BCUT2D eigenvalue weighted by Gasteiger charge is 2.28. The molecule has 1 aromatic rings. The van der Waals surface area contributed by atoms with Gasteiger partial charge in [-0.05, 0) is 44.4 Å². The topological polar surface area (TPSA) is 71.9 Å². The van der Waals surface area contributed by atoms with Gasteiger partial charge in [-0.15, -0.1) is 0 Å². The summed E-state index contributed by atoms with van der Waals surface area (Å²) >= 11 is 0. The summed E-state index contributed by atoms with van der Waals surface area (Å²) in [5.74, 6) is 0.849. The third-order valence-corrected chi connectivity index (χ3v) is 3.39. The monoisotopic (exact) mass is 231 g/mol. The summed E-state index contributed by atoms with van der Waals surface area (Å²) in [7, 11) is 0. The van der Waals surface area contributed by atoms with Gasteiger partial charge in [0.25, 0.3) is 0 Å². The van der Waals surface area contributed by atoms with Crippen LogP contribution in [0.1, 0.15) is 30.4 Å². The Hall–Kier alpha value is -1.60. The van der Waals surface area contributed by atoms with Crippen molar-refractivity contribution in [2.45, 2.75) is 32.3 Å². The predicted octanol–water partition coefficient (Wildman–Crippen LogP) is 1.77. The molecule has 1 fully saturated rings. The van der Waals surface area contributed by atoms with Gasteiger partial charge in [0.05, 0.1) is 0 Å². The Bertz CT molecular complexity index is 439. The second-order valence-electron chi connectivity index (χ2n) is 4.50. The van der Waals surface area contributed by atoms with Crippen molar-refractivity contribution >= 4 is 0 Å². The zero-order valence-corrected chi connectivity index (χ0v) is 10.0. The van der Waals surface area contributed by atoms with Crippen molar-refractivity contribution in [1.82, 2.24) is 4.98 Å².